The van der Waals surface area contributed by atoms with E-state index in [1.54, 1.807) is 19.1 Å². The zero-order chi connectivity index (χ0) is 31.9. The smallest absolute Gasteiger partial charge is 0.338 e. The number of ether oxygens (including phenoxy) is 1. The molecule has 2 aliphatic rings. The maximum absolute atomic E-state index is 14.1. The Morgan fingerprint density at radius 2 is 1.57 bits per heavy atom. The molecule has 3 amide bonds. The Balaban J connectivity index is 1.22. The second-order valence-corrected chi connectivity index (χ2v) is 13.1. The van der Waals surface area contributed by atoms with Crippen molar-refractivity contribution >= 4 is 68.9 Å². The van der Waals surface area contributed by atoms with Crippen LogP contribution in [-0.4, -0.2) is 40.1 Å². The number of thioether (sulfide) groups is 1. The summed E-state index contributed by atoms with van der Waals surface area (Å²) in [5.41, 5.74) is 2.07. The molecular formula is C35H27N3O6S2. The quantitative estimate of drug-likeness (QED) is 0.178. The molecule has 0 radical (unpaired) electrons. The van der Waals surface area contributed by atoms with Crippen molar-refractivity contribution in [2.45, 2.75) is 29.7 Å². The van der Waals surface area contributed by atoms with Crippen molar-refractivity contribution < 1.29 is 23.9 Å². The van der Waals surface area contributed by atoms with Crippen LogP contribution in [0.2, 0.25) is 0 Å². The van der Waals surface area contributed by atoms with E-state index in [2.05, 4.69) is 5.32 Å². The van der Waals surface area contributed by atoms with Gasteiger partial charge in [-0.15, -0.1) is 0 Å². The number of nitrogens with one attached hydrogen (secondary N) is 1. The number of anilines is 2. The van der Waals surface area contributed by atoms with Gasteiger partial charge < -0.3 is 10.1 Å². The number of benzene rings is 4. The first kappa shape index (κ1) is 29.7. The van der Waals surface area contributed by atoms with E-state index in [-0.39, 0.29) is 29.8 Å². The van der Waals surface area contributed by atoms with Gasteiger partial charge in [0.1, 0.15) is 11.8 Å². The second kappa shape index (κ2) is 12.1. The molecule has 46 heavy (non-hydrogen) atoms. The number of hydrogen-bond acceptors (Lipinski definition) is 8. The SMILES string of the molecule is CCOC(=O)c1ccc(N2C(=O)[C@H]3[C@H](c4ccccc4)c4sc(=O)n(CC(=O)Nc5ccc6ccccc6c5)c4S[C@H]3C2=O)cc1. The van der Waals surface area contributed by atoms with Gasteiger partial charge in [0.05, 0.1) is 28.8 Å². The number of fused-ring (bicyclic) bond motifs is 3. The van der Waals surface area contributed by atoms with Crippen molar-refractivity contribution in [3.63, 3.8) is 0 Å². The van der Waals surface area contributed by atoms with Crippen molar-refractivity contribution in [2.75, 3.05) is 16.8 Å². The minimum absolute atomic E-state index is 0.228. The molecule has 1 saturated heterocycles. The lowest BCUT2D eigenvalue weighted by atomic mass is 9.83. The van der Waals surface area contributed by atoms with Gasteiger partial charge in [-0.05, 0) is 59.7 Å². The number of esters is 1. The van der Waals surface area contributed by atoms with Crippen molar-refractivity contribution in [1.82, 2.24) is 4.57 Å². The number of amides is 3. The third kappa shape index (κ3) is 5.21. The molecule has 4 aromatic carbocycles. The highest BCUT2D eigenvalue weighted by molar-refractivity contribution is 8.00. The zero-order valence-corrected chi connectivity index (χ0v) is 26.2. The largest absolute Gasteiger partial charge is 0.462 e. The Morgan fingerprint density at radius 3 is 2.30 bits per heavy atom. The fraction of sp³-hybridized carbons (Fsp3) is 0.171. The zero-order valence-electron chi connectivity index (χ0n) is 24.5. The summed E-state index contributed by atoms with van der Waals surface area (Å²) in [7, 11) is 0. The van der Waals surface area contributed by atoms with Crippen LogP contribution in [0.4, 0.5) is 11.4 Å². The molecule has 0 spiro atoms. The summed E-state index contributed by atoms with van der Waals surface area (Å²) in [5.74, 6) is -3.00. The third-order valence-electron chi connectivity index (χ3n) is 8.18. The average molecular weight is 650 g/mol. The molecule has 11 heteroatoms. The normalized spacial score (nSPS) is 18.7. The van der Waals surface area contributed by atoms with E-state index in [1.807, 2.05) is 72.8 Å². The number of rotatable bonds is 7. The Bertz CT molecular complexity index is 2070. The molecule has 0 aliphatic carbocycles. The second-order valence-electron chi connectivity index (χ2n) is 11.0. The fourth-order valence-electron chi connectivity index (χ4n) is 6.10. The van der Waals surface area contributed by atoms with Crippen LogP contribution < -0.4 is 15.1 Å². The van der Waals surface area contributed by atoms with Crippen molar-refractivity contribution in [3.05, 3.63) is 123 Å². The van der Waals surface area contributed by atoms with E-state index < -0.39 is 29.0 Å². The summed E-state index contributed by atoms with van der Waals surface area (Å²) >= 11 is 2.16. The van der Waals surface area contributed by atoms with Gasteiger partial charge in [-0.2, -0.15) is 0 Å². The first-order chi connectivity index (χ1) is 22.3. The van der Waals surface area contributed by atoms with Gasteiger partial charge in [-0.25, -0.2) is 9.69 Å². The topological polar surface area (TPSA) is 115 Å². The minimum atomic E-state index is -0.821. The van der Waals surface area contributed by atoms with Crippen LogP contribution in [0.5, 0.6) is 0 Å². The summed E-state index contributed by atoms with van der Waals surface area (Å²) in [6.07, 6.45) is 0. The minimum Gasteiger partial charge on any atom is -0.462 e. The van der Waals surface area contributed by atoms with Crippen LogP contribution >= 0.6 is 23.1 Å². The maximum atomic E-state index is 14.1. The van der Waals surface area contributed by atoms with E-state index in [4.69, 9.17) is 4.74 Å². The highest BCUT2D eigenvalue weighted by Crippen LogP contribution is 2.53. The summed E-state index contributed by atoms with van der Waals surface area (Å²) < 4.78 is 6.46. The van der Waals surface area contributed by atoms with Crippen molar-refractivity contribution in [2.24, 2.45) is 5.92 Å². The number of imide groups is 1. The van der Waals surface area contributed by atoms with Crippen molar-refractivity contribution in [3.8, 4) is 0 Å². The Labute approximate surface area is 271 Å². The van der Waals surface area contributed by atoms with Crippen LogP contribution in [0.15, 0.2) is 107 Å². The first-order valence-corrected chi connectivity index (χ1v) is 16.4. The molecule has 7 rings (SSSR count). The van der Waals surface area contributed by atoms with E-state index in [1.165, 1.54) is 21.6 Å². The molecule has 0 saturated carbocycles. The van der Waals surface area contributed by atoms with E-state index in [9.17, 15) is 24.0 Å². The lowest BCUT2D eigenvalue weighted by molar-refractivity contribution is -0.122. The standard InChI is InChI=1S/C35H27N3O6S2/c1-2-44-34(42)22-13-16-25(17-14-22)38-31(40)28-27(21-9-4-3-5-10-21)30-33(45-29(28)32(38)41)37(35(43)46-30)19-26(39)36-24-15-12-20-8-6-7-11-23(20)18-24/h3-18,27-29H,2,19H2,1H3,(H,36,39)/t27-,28-,29+/m0/s1. The molecule has 1 N–H and O–H groups in total. The van der Waals surface area contributed by atoms with Crippen LogP contribution in [0.25, 0.3) is 10.8 Å². The van der Waals surface area contributed by atoms with Gasteiger partial charge in [0, 0.05) is 16.5 Å². The predicted molar refractivity (Wildman–Crippen MR) is 177 cm³/mol. The third-order valence-corrected chi connectivity index (χ3v) is 10.8. The highest BCUT2D eigenvalue weighted by Gasteiger charge is 2.56. The summed E-state index contributed by atoms with van der Waals surface area (Å²) in [6.45, 7) is 1.70. The predicted octanol–water partition coefficient (Wildman–Crippen LogP) is 5.67. The molecule has 0 bridgehead atoms. The molecule has 9 nitrogen and oxygen atoms in total. The fourth-order valence-corrected chi connectivity index (χ4v) is 8.87. The van der Waals surface area contributed by atoms with Crippen LogP contribution in [0.3, 0.4) is 0 Å². The summed E-state index contributed by atoms with van der Waals surface area (Å²) in [4.78, 5) is 68.4. The molecular weight excluding hydrogens is 623 g/mol. The number of hydrogen-bond donors (Lipinski definition) is 1. The Hall–Kier alpha value is -5.00. The van der Waals surface area contributed by atoms with Gasteiger partial charge in [-0.1, -0.05) is 83.8 Å². The van der Waals surface area contributed by atoms with Gasteiger partial charge >= 0.3 is 10.8 Å². The van der Waals surface area contributed by atoms with Crippen molar-refractivity contribution in [1.29, 1.82) is 0 Å². The summed E-state index contributed by atoms with van der Waals surface area (Å²) in [6, 6.07) is 28.9. The molecule has 5 aromatic rings. The van der Waals surface area contributed by atoms with Crippen LogP contribution in [0, 0.1) is 5.92 Å². The molecule has 0 unspecified atom stereocenters. The number of thiazole rings is 1. The Morgan fingerprint density at radius 1 is 0.848 bits per heavy atom. The average Bonchev–Trinajstić information content (AvgIpc) is 3.51. The Kier molecular flexibility index (Phi) is 7.79. The van der Waals surface area contributed by atoms with Gasteiger partial charge in [0.25, 0.3) is 0 Å². The van der Waals surface area contributed by atoms with Crippen LogP contribution in [0.1, 0.15) is 33.6 Å². The summed E-state index contributed by atoms with van der Waals surface area (Å²) in [5, 5.41) is 4.60. The lowest BCUT2D eigenvalue weighted by Gasteiger charge is -2.30. The van der Waals surface area contributed by atoms with Gasteiger partial charge in [0.2, 0.25) is 17.7 Å². The van der Waals surface area contributed by atoms with E-state index in [0.717, 1.165) is 39.4 Å². The number of aromatic nitrogens is 1. The number of carbonyl (C=O) groups excluding carboxylic acids is 4. The molecule has 230 valence electrons. The van der Waals surface area contributed by atoms with Gasteiger partial charge in [-0.3, -0.25) is 23.7 Å². The lowest BCUT2D eigenvalue weighted by Crippen LogP contribution is -2.33. The molecule has 3 atom stereocenters. The first-order valence-electron chi connectivity index (χ1n) is 14.7. The molecule has 3 heterocycles. The van der Waals surface area contributed by atoms with Crippen LogP contribution in [-0.2, 0) is 25.7 Å². The maximum Gasteiger partial charge on any atom is 0.338 e. The van der Waals surface area contributed by atoms with E-state index >= 15 is 0 Å². The number of nitrogens with zero attached hydrogens (tertiary/aromatic N) is 2. The number of carbonyl (C=O) groups is 4. The highest BCUT2D eigenvalue weighted by atomic mass is 32.2. The van der Waals surface area contributed by atoms with Gasteiger partial charge in [0.15, 0.2) is 0 Å². The van der Waals surface area contributed by atoms with E-state index in [0.29, 0.717) is 26.8 Å². The molecule has 2 aliphatic heterocycles. The monoisotopic (exact) mass is 649 g/mol. The molecule has 1 aromatic heterocycles. The molecule has 1 fully saturated rings.